The predicted octanol–water partition coefficient (Wildman–Crippen LogP) is 4.79. The Morgan fingerprint density at radius 3 is 2.57 bits per heavy atom. The van der Waals surface area contributed by atoms with Gasteiger partial charge in [0.2, 0.25) is 0 Å². The minimum atomic E-state index is -0.641. The van der Waals surface area contributed by atoms with E-state index in [2.05, 4.69) is 37.2 Å². The third-order valence-corrected chi connectivity index (χ3v) is 4.15. The molecule has 0 saturated heterocycles. The van der Waals surface area contributed by atoms with Crippen LogP contribution < -0.4 is 10.1 Å². The lowest BCUT2D eigenvalue weighted by molar-refractivity contribution is 0.287. The van der Waals surface area contributed by atoms with Crippen LogP contribution in [0.15, 0.2) is 39.3 Å². The van der Waals surface area contributed by atoms with Crippen molar-refractivity contribution in [2.45, 2.75) is 13.2 Å². The Bertz CT molecular complexity index is 650. The van der Waals surface area contributed by atoms with Crippen molar-refractivity contribution < 1.29 is 13.5 Å². The summed E-state index contributed by atoms with van der Waals surface area (Å²) in [5, 5.41) is 3.03. The van der Waals surface area contributed by atoms with E-state index in [0.29, 0.717) is 12.3 Å². The summed E-state index contributed by atoms with van der Waals surface area (Å²) in [5.74, 6) is -0.694. The molecule has 0 amide bonds. The molecule has 2 aromatic rings. The number of rotatable bonds is 5. The molecule has 0 unspecified atom stereocenters. The second-order valence-corrected chi connectivity index (χ2v) is 6.08. The maximum Gasteiger partial charge on any atom is 0.146 e. The van der Waals surface area contributed by atoms with E-state index in [1.54, 1.807) is 0 Å². The van der Waals surface area contributed by atoms with E-state index in [0.717, 1.165) is 10.0 Å². The molecule has 21 heavy (non-hydrogen) atoms. The first-order valence-electron chi connectivity index (χ1n) is 6.21. The van der Waals surface area contributed by atoms with Gasteiger partial charge in [-0.1, -0.05) is 12.1 Å². The Hall–Kier alpha value is -0.980. The summed E-state index contributed by atoms with van der Waals surface area (Å²) in [6.45, 7) is 0.411. The Morgan fingerprint density at radius 1 is 1.10 bits per heavy atom. The van der Waals surface area contributed by atoms with Crippen molar-refractivity contribution in [2.75, 3.05) is 7.05 Å². The molecule has 0 bridgehead atoms. The third-order valence-electron chi connectivity index (χ3n) is 2.92. The van der Waals surface area contributed by atoms with Gasteiger partial charge in [-0.3, -0.25) is 0 Å². The van der Waals surface area contributed by atoms with E-state index in [-0.39, 0.29) is 16.6 Å². The topological polar surface area (TPSA) is 21.3 Å². The number of hydrogen-bond acceptors (Lipinski definition) is 2. The highest BCUT2D eigenvalue weighted by Crippen LogP contribution is 2.31. The first-order valence-corrected chi connectivity index (χ1v) is 7.80. The van der Waals surface area contributed by atoms with Gasteiger partial charge >= 0.3 is 0 Å². The molecule has 0 radical (unpaired) electrons. The first kappa shape index (κ1) is 16.4. The zero-order valence-corrected chi connectivity index (χ0v) is 14.4. The highest BCUT2D eigenvalue weighted by atomic mass is 79.9. The summed E-state index contributed by atoms with van der Waals surface area (Å²) >= 11 is 6.44. The largest absolute Gasteiger partial charge is 0.487 e. The summed E-state index contributed by atoms with van der Waals surface area (Å²) in [6, 6.07) is 8.13. The quantitative estimate of drug-likeness (QED) is 0.702. The van der Waals surface area contributed by atoms with Crippen LogP contribution in [0.25, 0.3) is 0 Å². The van der Waals surface area contributed by atoms with Gasteiger partial charge in [0.1, 0.15) is 24.0 Å². The van der Waals surface area contributed by atoms with E-state index in [4.69, 9.17) is 4.74 Å². The van der Waals surface area contributed by atoms with Crippen molar-refractivity contribution in [1.29, 1.82) is 0 Å². The van der Waals surface area contributed by atoms with Crippen LogP contribution in [0.3, 0.4) is 0 Å². The fourth-order valence-corrected chi connectivity index (χ4v) is 2.78. The average molecular weight is 421 g/mol. The molecule has 0 spiro atoms. The molecule has 0 atom stereocenters. The second kappa shape index (κ2) is 7.33. The summed E-state index contributed by atoms with van der Waals surface area (Å²) in [5.41, 5.74) is 0.804. The van der Waals surface area contributed by atoms with E-state index in [1.165, 1.54) is 12.1 Å². The van der Waals surface area contributed by atoms with Crippen molar-refractivity contribution in [1.82, 2.24) is 5.32 Å². The fraction of sp³-hybridized carbons (Fsp3) is 0.200. The summed E-state index contributed by atoms with van der Waals surface area (Å²) in [4.78, 5) is 0. The highest BCUT2D eigenvalue weighted by molar-refractivity contribution is 9.10. The molecule has 0 heterocycles. The number of hydrogen-bond donors (Lipinski definition) is 1. The lowest BCUT2D eigenvalue weighted by Crippen LogP contribution is -2.09. The van der Waals surface area contributed by atoms with Gasteiger partial charge < -0.3 is 10.1 Å². The Morgan fingerprint density at radius 2 is 1.86 bits per heavy atom. The zero-order chi connectivity index (χ0) is 15.4. The summed E-state index contributed by atoms with van der Waals surface area (Å²) in [6.07, 6.45) is 0. The molecule has 0 saturated carbocycles. The van der Waals surface area contributed by atoms with E-state index in [1.807, 2.05) is 25.2 Å². The van der Waals surface area contributed by atoms with Gasteiger partial charge in [-0.25, -0.2) is 8.78 Å². The molecular formula is C15H13Br2F2NO. The molecule has 0 aromatic heterocycles. The molecule has 2 rings (SSSR count). The SMILES string of the molecule is CNCc1cccc(Br)c1OCc1c(F)ccc(Br)c1F. The minimum absolute atomic E-state index is 0.101. The molecular weight excluding hydrogens is 408 g/mol. The van der Waals surface area contributed by atoms with Crippen LogP contribution in [0.2, 0.25) is 0 Å². The Kier molecular flexibility index (Phi) is 5.72. The number of benzene rings is 2. The minimum Gasteiger partial charge on any atom is -0.487 e. The number of nitrogens with one attached hydrogen (secondary N) is 1. The fourth-order valence-electron chi connectivity index (χ4n) is 1.89. The Balaban J connectivity index is 2.27. The van der Waals surface area contributed by atoms with Crippen LogP contribution in [0.5, 0.6) is 5.75 Å². The van der Waals surface area contributed by atoms with E-state index < -0.39 is 11.6 Å². The lowest BCUT2D eigenvalue weighted by Gasteiger charge is -2.14. The molecule has 1 N–H and O–H groups in total. The van der Waals surface area contributed by atoms with Gasteiger partial charge in [-0.05, 0) is 57.1 Å². The Labute approximate surface area is 138 Å². The predicted molar refractivity (Wildman–Crippen MR) is 85.3 cm³/mol. The maximum absolute atomic E-state index is 13.9. The van der Waals surface area contributed by atoms with Gasteiger partial charge in [0.25, 0.3) is 0 Å². The molecule has 0 aliphatic carbocycles. The molecule has 2 nitrogen and oxygen atoms in total. The lowest BCUT2D eigenvalue weighted by atomic mass is 10.2. The zero-order valence-electron chi connectivity index (χ0n) is 11.2. The van der Waals surface area contributed by atoms with Crippen LogP contribution >= 0.6 is 31.9 Å². The maximum atomic E-state index is 13.9. The van der Waals surface area contributed by atoms with Crippen LogP contribution in [0.4, 0.5) is 8.78 Å². The van der Waals surface area contributed by atoms with Gasteiger partial charge in [0, 0.05) is 12.1 Å². The van der Waals surface area contributed by atoms with Gasteiger partial charge in [-0.15, -0.1) is 0 Å². The van der Waals surface area contributed by atoms with Gasteiger partial charge in [-0.2, -0.15) is 0 Å². The normalized spacial score (nSPS) is 10.7. The van der Waals surface area contributed by atoms with Crippen molar-refractivity contribution in [3.63, 3.8) is 0 Å². The first-order chi connectivity index (χ1) is 10.0. The average Bonchev–Trinajstić information content (AvgIpc) is 2.46. The number of halogens is 4. The van der Waals surface area contributed by atoms with Crippen molar-refractivity contribution in [2.24, 2.45) is 0 Å². The molecule has 6 heteroatoms. The van der Waals surface area contributed by atoms with Crippen molar-refractivity contribution in [3.05, 3.63) is 62.0 Å². The van der Waals surface area contributed by atoms with Gasteiger partial charge in [0.05, 0.1) is 14.5 Å². The molecule has 0 fully saturated rings. The van der Waals surface area contributed by atoms with Crippen LogP contribution in [0.1, 0.15) is 11.1 Å². The molecule has 0 aliphatic rings. The third kappa shape index (κ3) is 3.81. The molecule has 0 aliphatic heterocycles. The van der Waals surface area contributed by atoms with Crippen molar-refractivity contribution >= 4 is 31.9 Å². The van der Waals surface area contributed by atoms with E-state index in [9.17, 15) is 8.78 Å². The second-order valence-electron chi connectivity index (χ2n) is 4.37. The van der Waals surface area contributed by atoms with Crippen LogP contribution in [-0.2, 0) is 13.2 Å². The number of ether oxygens (including phenoxy) is 1. The van der Waals surface area contributed by atoms with E-state index >= 15 is 0 Å². The molecule has 112 valence electrons. The highest BCUT2D eigenvalue weighted by Gasteiger charge is 2.15. The van der Waals surface area contributed by atoms with Crippen molar-refractivity contribution in [3.8, 4) is 5.75 Å². The van der Waals surface area contributed by atoms with Crippen LogP contribution in [0, 0.1) is 11.6 Å². The monoisotopic (exact) mass is 419 g/mol. The summed E-state index contributed by atoms with van der Waals surface area (Å²) < 4.78 is 34.2. The van der Waals surface area contributed by atoms with Gasteiger partial charge in [0.15, 0.2) is 0 Å². The molecule has 2 aromatic carbocycles. The number of para-hydroxylation sites is 1. The van der Waals surface area contributed by atoms with Crippen LogP contribution in [-0.4, -0.2) is 7.05 Å². The summed E-state index contributed by atoms with van der Waals surface area (Å²) in [7, 11) is 1.82. The smallest absolute Gasteiger partial charge is 0.146 e. The standard InChI is InChI=1S/C15H13Br2F2NO/c1-20-7-9-3-2-4-12(17)15(9)21-8-10-13(18)6-5-11(16)14(10)19/h2-6,20H,7-8H2,1H3.